The normalized spacial score (nSPS) is 21.4. The van der Waals surface area contributed by atoms with E-state index in [-0.39, 0.29) is 18.7 Å². The molecule has 138 valence electrons. The average Bonchev–Trinajstić information content (AvgIpc) is 3.23. The maximum absolute atomic E-state index is 13.0. The smallest absolute Gasteiger partial charge is 0.281 e. The lowest BCUT2D eigenvalue weighted by atomic mass is 9.92. The number of oxime groups is 1. The lowest BCUT2D eigenvalue weighted by Gasteiger charge is -2.19. The number of hydrogen-bond acceptors (Lipinski definition) is 6. The third-order valence-corrected chi connectivity index (χ3v) is 4.79. The summed E-state index contributed by atoms with van der Waals surface area (Å²) in [4.78, 5) is 32.3. The number of anilines is 1. The third-order valence-electron chi connectivity index (χ3n) is 4.79. The molecule has 0 aromatic heterocycles. The first-order chi connectivity index (χ1) is 13.1. The maximum atomic E-state index is 13.0. The number of hydrogen-bond donors (Lipinski definition) is 0. The number of para-hydroxylation sites is 2. The summed E-state index contributed by atoms with van der Waals surface area (Å²) in [6.45, 7) is 0. The molecule has 0 radical (unpaired) electrons. The van der Waals surface area contributed by atoms with Crippen molar-refractivity contribution < 1.29 is 23.9 Å². The van der Waals surface area contributed by atoms with Gasteiger partial charge in [0, 0.05) is 12.0 Å². The summed E-state index contributed by atoms with van der Waals surface area (Å²) in [6.07, 6.45) is 0.129. The van der Waals surface area contributed by atoms with E-state index in [1.165, 1.54) is 12.0 Å². The van der Waals surface area contributed by atoms with E-state index in [1.54, 1.807) is 37.4 Å². The molecule has 1 atom stereocenters. The number of amides is 2. The van der Waals surface area contributed by atoms with Crippen molar-refractivity contribution in [2.75, 3.05) is 19.1 Å². The Hall–Kier alpha value is -3.35. The van der Waals surface area contributed by atoms with Crippen LogP contribution in [-0.2, 0) is 14.4 Å². The molecular formula is C20H18N2O5. The Balaban J connectivity index is 1.65. The number of nitrogens with zero attached hydrogens (tertiary/aromatic N) is 2. The van der Waals surface area contributed by atoms with Crippen molar-refractivity contribution >= 4 is 23.2 Å². The van der Waals surface area contributed by atoms with Gasteiger partial charge >= 0.3 is 0 Å². The highest BCUT2D eigenvalue weighted by Crippen LogP contribution is 2.41. The SMILES string of the molecule is COc1cccc(C2=NO[C@]3(CC(=O)N(c4ccccc4)C3=O)C2)c1OC. The van der Waals surface area contributed by atoms with Gasteiger partial charge in [0.2, 0.25) is 11.5 Å². The Labute approximate surface area is 156 Å². The van der Waals surface area contributed by atoms with Crippen molar-refractivity contribution in [3.8, 4) is 11.5 Å². The van der Waals surface area contributed by atoms with Gasteiger partial charge in [-0.1, -0.05) is 29.4 Å². The van der Waals surface area contributed by atoms with Crippen LogP contribution in [0.25, 0.3) is 0 Å². The highest BCUT2D eigenvalue weighted by Gasteiger charge is 2.58. The summed E-state index contributed by atoms with van der Waals surface area (Å²) in [5, 5.41) is 4.12. The first-order valence-electron chi connectivity index (χ1n) is 8.48. The van der Waals surface area contributed by atoms with Crippen molar-refractivity contribution in [3.63, 3.8) is 0 Å². The molecule has 2 heterocycles. The molecule has 2 aliphatic heterocycles. The highest BCUT2D eigenvalue weighted by molar-refractivity contribution is 6.26. The van der Waals surface area contributed by atoms with Crippen LogP contribution in [0.4, 0.5) is 5.69 Å². The Morgan fingerprint density at radius 3 is 2.48 bits per heavy atom. The molecule has 2 amide bonds. The summed E-state index contributed by atoms with van der Waals surface area (Å²) in [5.74, 6) is 0.356. The average molecular weight is 366 g/mol. The van der Waals surface area contributed by atoms with Gasteiger partial charge in [0.15, 0.2) is 11.5 Å². The molecule has 0 saturated carbocycles. The minimum absolute atomic E-state index is 0.0555. The van der Waals surface area contributed by atoms with E-state index in [2.05, 4.69) is 5.16 Å². The van der Waals surface area contributed by atoms with Gasteiger partial charge in [-0.3, -0.25) is 9.59 Å². The zero-order valence-electron chi connectivity index (χ0n) is 15.0. The molecular weight excluding hydrogens is 348 g/mol. The van der Waals surface area contributed by atoms with E-state index < -0.39 is 11.5 Å². The third kappa shape index (κ3) is 2.63. The molecule has 27 heavy (non-hydrogen) atoms. The minimum Gasteiger partial charge on any atom is -0.493 e. The molecule has 0 unspecified atom stereocenters. The van der Waals surface area contributed by atoms with Crippen LogP contribution in [0.15, 0.2) is 53.7 Å². The predicted octanol–water partition coefficient (Wildman–Crippen LogP) is 2.53. The predicted molar refractivity (Wildman–Crippen MR) is 98.1 cm³/mol. The van der Waals surface area contributed by atoms with Gasteiger partial charge in [-0.15, -0.1) is 0 Å². The van der Waals surface area contributed by atoms with Crippen LogP contribution in [0.3, 0.4) is 0 Å². The lowest BCUT2D eigenvalue weighted by molar-refractivity contribution is -0.136. The van der Waals surface area contributed by atoms with Gasteiger partial charge in [0.25, 0.3) is 5.91 Å². The summed E-state index contributed by atoms with van der Waals surface area (Å²) in [6, 6.07) is 14.2. The standard InChI is InChI=1S/C20H18N2O5/c1-25-16-10-6-9-14(18(16)26-2)15-11-20(27-21-15)12-17(23)22(19(20)24)13-7-4-3-5-8-13/h3-10H,11-12H2,1-2H3/t20-/m0/s1. The largest absolute Gasteiger partial charge is 0.493 e. The van der Waals surface area contributed by atoms with Crippen LogP contribution in [-0.4, -0.2) is 37.3 Å². The van der Waals surface area contributed by atoms with Gasteiger partial charge in [0.05, 0.1) is 32.0 Å². The first-order valence-corrected chi connectivity index (χ1v) is 8.48. The number of methoxy groups -OCH3 is 2. The number of carbonyl (C=O) groups excluding carboxylic acids is 2. The second-order valence-corrected chi connectivity index (χ2v) is 6.39. The monoisotopic (exact) mass is 366 g/mol. The van der Waals surface area contributed by atoms with Gasteiger partial charge < -0.3 is 14.3 Å². The van der Waals surface area contributed by atoms with E-state index in [1.807, 2.05) is 18.2 Å². The quantitative estimate of drug-likeness (QED) is 0.777. The van der Waals surface area contributed by atoms with Gasteiger partial charge in [0.1, 0.15) is 0 Å². The molecule has 0 aliphatic carbocycles. The van der Waals surface area contributed by atoms with E-state index in [9.17, 15) is 9.59 Å². The Kier molecular flexibility index (Phi) is 4.07. The minimum atomic E-state index is -1.31. The van der Waals surface area contributed by atoms with E-state index in [0.717, 1.165) is 0 Å². The second-order valence-electron chi connectivity index (χ2n) is 6.39. The first kappa shape index (κ1) is 17.1. The topological polar surface area (TPSA) is 77.4 Å². The van der Waals surface area contributed by atoms with Crippen LogP contribution in [0, 0.1) is 0 Å². The van der Waals surface area contributed by atoms with Crippen molar-refractivity contribution in [1.29, 1.82) is 0 Å². The number of ether oxygens (including phenoxy) is 2. The highest BCUT2D eigenvalue weighted by atomic mass is 16.7. The second kappa shape index (κ2) is 6.42. The fourth-order valence-corrected chi connectivity index (χ4v) is 3.50. The Morgan fingerprint density at radius 1 is 1.00 bits per heavy atom. The van der Waals surface area contributed by atoms with Crippen molar-refractivity contribution in [2.45, 2.75) is 18.4 Å². The molecule has 0 N–H and O–H groups in total. The van der Waals surface area contributed by atoms with E-state index in [0.29, 0.717) is 28.5 Å². The van der Waals surface area contributed by atoms with Gasteiger partial charge in [-0.05, 0) is 24.3 Å². The molecule has 1 fully saturated rings. The maximum Gasteiger partial charge on any atom is 0.281 e. The van der Waals surface area contributed by atoms with Gasteiger partial charge in [-0.25, -0.2) is 4.90 Å². The zero-order chi connectivity index (χ0) is 19.0. The molecule has 2 aromatic carbocycles. The van der Waals surface area contributed by atoms with Crippen LogP contribution in [0.5, 0.6) is 11.5 Å². The van der Waals surface area contributed by atoms with Crippen LogP contribution in [0.1, 0.15) is 18.4 Å². The fraction of sp³-hybridized carbons (Fsp3) is 0.250. The summed E-state index contributed by atoms with van der Waals surface area (Å²) >= 11 is 0. The molecule has 1 saturated heterocycles. The Bertz CT molecular complexity index is 941. The van der Waals surface area contributed by atoms with E-state index in [4.69, 9.17) is 14.3 Å². The molecule has 4 rings (SSSR count). The van der Waals surface area contributed by atoms with Crippen LogP contribution < -0.4 is 14.4 Å². The van der Waals surface area contributed by atoms with Crippen molar-refractivity contribution in [1.82, 2.24) is 0 Å². The number of benzene rings is 2. The van der Waals surface area contributed by atoms with E-state index >= 15 is 0 Å². The molecule has 1 spiro atoms. The number of carbonyl (C=O) groups is 2. The molecule has 0 bridgehead atoms. The summed E-state index contributed by atoms with van der Waals surface area (Å²) in [7, 11) is 3.09. The molecule has 7 nitrogen and oxygen atoms in total. The van der Waals surface area contributed by atoms with Crippen LogP contribution in [0.2, 0.25) is 0 Å². The van der Waals surface area contributed by atoms with Crippen LogP contribution >= 0.6 is 0 Å². The van der Waals surface area contributed by atoms with Crippen molar-refractivity contribution in [2.24, 2.45) is 5.16 Å². The molecule has 2 aliphatic rings. The lowest BCUT2D eigenvalue weighted by Crippen LogP contribution is -2.40. The summed E-state index contributed by atoms with van der Waals surface area (Å²) < 4.78 is 10.8. The zero-order valence-corrected chi connectivity index (χ0v) is 15.0. The fourth-order valence-electron chi connectivity index (χ4n) is 3.50. The number of rotatable bonds is 4. The van der Waals surface area contributed by atoms with Crippen molar-refractivity contribution in [3.05, 3.63) is 54.1 Å². The van der Waals surface area contributed by atoms with Gasteiger partial charge in [-0.2, -0.15) is 0 Å². The Morgan fingerprint density at radius 2 is 1.78 bits per heavy atom. The summed E-state index contributed by atoms with van der Waals surface area (Å²) in [5.41, 5.74) is 0.436. The molecule has 7 heteroatoms. The molecule has 2 aromatic rings. The number of imide groups is 1.